The molecule has 19 heavy (non-hydrogen) atoms. The predicted molar refractivity (Wildman–Crippen MR) is 80.3 cm³/mol. The first-order chi connectivity index (χ1) is 9.22. The van der Waals surface area contributed by atoms with Crippen LogP contribution in [-0.4, -0.2) is 29.1 Å². The highest BCUT2D eigenvalue weighted by Gasteiger charge is 2.28. The largest absolute Gasteiger partial charge is 0.388 e. The molecule has 1 aliphatic carbocycles. The number of aryl methyl sites for hydroxylation is 1. The Morgan fingerprint density at radius 3 is 2.63 bits per heavy atom. The highest BCUT2D eigenvalue weighted by atomic mass is 16.3. The molecule has 2 rings (SSSR count). The van der Waals surface area contributed by atoms with Crippen LogP contribution in [0.3, 0.4) is 0 Å². The van der Waals surface area contributed by atoms with E-state index in [1.165, 1.54) is 37.8 Å². The highest BCUT2D eigenvalue weighted by Crippen LogP contribution is 2.29. The monoisotopic (exact) mass is 261 g/mol. The summed E-state index contributed by atoms with van der Waals surface area (Å²) in [5.41, 5.74) is 2.29. The molecular formula is C17H27NO. The molecule has 1 aromatic rings. The maximum Gasteiger partial charge on any atom is 0.0804 e. The third-order valence-electron chi connectivity index (χ3n) is 4.10. The molecule has 0 spiro atoms. The van der Waals surface area contributed by atoms with Crippen molar-refractivity contribution in [1.29, 1.82) is 0 Å². The fourth-order valence-electron chi connectivity index (χ4n) is 2.68. The lowest BCUT2D eigenvalue weighted by Gasteiger charge is -2.23. The number of hydrogen-bond acceptors (Lipinski definition) is 2. The van der Waals surface area contributed by atoms with Crippen LogP contribution in [0.1, 0.15) is 56.3 Å². The van der Waals surface area contributed by atoms with E-state index in [9.17, 15) is 5.11 Å². The molecule has 1 atom stereocenters. The number of hydrogen-bond donors (Lipinski definition) is 1. The molecular weight excluding hydrogens is 234 g/mol. The molecule has 106 valence electrons. The Labute approximate surface area is 117 Å². The maximum absolute atomic E-state index is 10.4. The van der Waals surface area contributed by atoms with Gasteiger partial charge in [0.2, 0.25) is 0 Å². The maximum atomic E-state index is 10.4. The van der Waals surface area contributed by atoms with Crippen molar-refractivity contribution in [3.8, 4) is 0 Å². The van der Waals surface area contributed by atoms with E-state index < -0.39 is 0 Å². The Balaban J connectivity index is 1.84. The SMILES string of the molecule is CCCCN(CCC(O)c1ccccc1C)C1CC1. The van der Waals surface area contributed by atoms with Gasteiger partial charge < -0.3 is 10.0 Å². The van der Waals surface area contributed by atoms with Gasteiger partial charge in [0.25, 0.3) is 0 Å². The Morgan fingerprint density at radius 1 is 1.26 bits per heavy atom. The third kappa shape index (κ3) is 4.32. The number of rotatable bonds is 8. The van der Waals surface area contributed by atoms with Crippen molar-refractivity contribution in [3.63, 3.8) is 0 Å². The fourth-order valence-corrected chi connectivity index (χ4v) is 2.68. The molecule has 2 nitrogen and oxygen atoms in total. The number of aliphatic hydroxyl groups excluding tert-OH is 1. The minimum Gasteiger partial charge on any atom is -0.388 e. The zero-order valence-corrected chi connectivity index (χ0v) is 12.3. The minimum absolute atomic E-state index is 0.316. The average molecular weight is 261 g/mol. The summed E-state index contributed by atoms with van der Waals surface area (Å²) < 4.78 is 0. The van der Waals surface area contributed by atoms with Gasteiger partial charge in [0.15, 0.2) is 0 Å². The normalized spacial score (nSPS) is 16.8. The lowest BCUT2D eigenvalue weighted by atomic mass is 10.0. The lowest BCUT2D eigenvalue weighted by molar-refractivity contribution is 0.138. The van der Waals surface area contributed by atoms with E-state index in [-0.39, 0.29) is 6.10 Å². The van der Waals surface area contributed by atoms with E-state index in [4.69, 9.17) is 0 Å². The summed E-state index contributed by atoms with van der Waals surface area (Å²) in [6.07, 6.45) is 5.77. The van der Waals surface area contributed by atoms with Crippen molar-refractivity contribution in [2.24, 2.45) is 0 Å². The smallest absolute Gasteiger partial charge is 0.0804 e. The molecule has 0 amide bonds. The van der Waals surface area contributed by atoms with Crippen molar-refractivity contribution < 1.29 is 5.11 Å². The lowest BCUT2D eigenvalue weighted by Crippen LogP contribution is -2.29. The topological polar surface area (TPSA) is 23.5 Å². The molecule has 1 fully saturated rings. The summed E-state index contributed by atoms with van der Waals surface area (Å²) in [5.74, 6) is 0. The van der Waals surface area contributed by atoms with Gasteiger partial charge in [-0.1, -0.05) is 37.6 Å². The van der Waals surface area contributed by atoms with Gasteiger partial charge in [0.05, 0.1) is 6.10 Å². The quantitative estimate of drug-likeness (QED) is 0.771. The van der Waals surface area contributed by atoms with Gasteiger partial charge in [-0.2, -0.15) is 0 Å². The second-order valence-electron chi connectivity index (χ2n) is 5.78. The Morgan fingerprint density at radius 2 is 2.00 bits per heavy atom. The first-order valence-corrected chi connectivity index (χ1v) is 7.70. The van der Waals surface area contributed by atoms with Crippen LogP contribution >= 0.6 is 0 Å². The van der Waals surface area contributed by atoms with Gasteiger partial charge >= 0.3 is 0 Å². The van der Waals surface area contributed by atoms with Crippen LogP contribution < -0.4 is 0 Å². The van der Waals surface area contributed by atoms with Crippen molar-refractivity contribution in [1.82, 2.24) is 4.90 Å². The van der Waals surface area contributed by atoms with E-state index in [1.54, 1.807) is 0 Å². The third-order valence-corrected chi connectivity index (χ3v) is 4.10. The Kier molecular flexibility index (Phi) is 5.41. The fraction of sp³-hybridized carbons (Fsp3) is 0.647. The number of aliphatic hydroxyl groups is 1. The standard InChI is InChI=1S/C17H27NO/c1-3-4-12-18(15-9-10-15)13-11-17(19)16-8-6-5-7-14(16)2/h5-8,15,17,19H,3-4,9-13H2,1-2H3. The molecule has 0 radical (unpaired) electrons. The van der Waals surface area contributed by atoms with Crippen LogP contribution in [0.2, 0.25) is 0 Å². The summed E-state index contributed by atoms with van der Waals surface area (Å²) >= 11 is 0. The molecule has 1 unspecified atom stereocenters. The molecule has 0 bridgehead atoms. The zero-order chi connectivity index (χ0) is 13.7. The van der Waals surface area contributed by atoms with Crippen molar-refractivity contribution in [2.75, 3.05) is 13.1 Å². The highest BCUT2D eigenvalue weighted by molar-refractivity contribution is 5.27. The minimum atomic E-state index is -0.316. The van der Waals surface area contributed by atoms with Gasteiger partial charge in [-0.05, 0) is 50.3 Å². The molecule has 2 heteroatoms. The van der Waals surface area contributed by atoms with Gasteiger partial charge in [-0.15, -0.1) is 0 Å². The van der Waals surface area contributed by atoms with Crippen molar-refractivity contribution in [3.05, 3.63) is 35.4 Å². The van der Waals surface area contributed by atoms with Gasteiger partial charge in [0, 0.05) is 12.6 Å². The van der Waals surface area contributed by atoms with Crippen LogP contribution in [0.4, 0.5) is 0 Å². The molecule has 1 aromatic carbocycles. The van der Waals surface area contributed by atoms with Crippen LogP contribution in [0.5, 0.6) is 0 Å². The van der Waals surface area contributed by atoms with Gasteiger partial charge in [-0.25, -0.2) is 0 Å². The summed E-state index contributed by atoms with van der Waals surface area (Å²) in [6, 6.07) is 8.97. The van der Waals surface area contributed by atoms with Crippen LogP contribution in [-0.2, 0) is 0 Å². The summed E-state index contributed by atoms with van der Waals surface area (Å²) in [5, 5.41) is 10.4. The van der Waals surface area contributed by atoms with Crippen LogP contribution in [0.15, 0.2) is 24.3 Å². The molecule has 1 N–H and O–H groups in total. The molecule has 0 heterocycles. The first kappa shape index (κ1) is 14.5. The Bertz CT molecular complexity index is 387. The first-order valence-electron chi connectivity index (χ1n) is 7.70. The summed E-state index contributed by atoms with van der Waals surface area (Å²) in [4.78, 5) is 2.57. The van der Waals surface area contributed by atoms with E-state index in [1.807, 2.05) is 18.2 Å². The van der Waals surface area contributed by atoms with E-state index in [2.05, 4.69) is 24.8 Å². The average Bonchev–Trinajstić information content (AvgIpc) is 3.23. The summed E-state index contributed by atoms with van der Waals surface area (Å²) in [7, 11) is 0. The number of benzene rings is 1. The van der Waals surface area contributed by atoms with E-state index in [0.717, 1.165) is 24.6 Å². The van der Waals surface area contributed by atoms with Gasteiger partial charge in [0.1, 0.15) is 0 Å². The van der Waals surface area contributed by atoms with E-state index in [0.29, 0.717) is 0 Å². The molecule has 0 aromatic heterocycles. The van der Waals surface area contributed by atoms with Gasteiger partial charge in [-0.3, -0.25) is 0 Å². The predicted octanol–water partition coefficient (Wildman–Crippen LogP) is 3.68. The molecule has 0 saturated heterocycles. The van der Waals surface area contributed by atoms with Crippen molar-refractivity contribution >= 4 is 0 Å². The Hall–Kier alpha value is -0.860. The molecule has 1 aliphatic rings. The molecule has 1 saturated carbocycles. The van der Waals surface area contributed by atoms with Crippen LogP contribution in [0.25, 0.3) is 0 Å². The second kappa shape index (κ2) is 7.06. The number of nitrogens with zero attached hydrogens (tertiary/aromatic N) is 1. The zero-order valence-electron chi connectivity index (χ0n) is 12.3. The second-order valence-corrected chi connectivity index (χ2v) is 5.78. The van der Waals surface area contributed by atoms with E-state index >= 15 is 0 Å². The summed E-state index contributed by atoms with van der Waals surface area (Å²) in [6.45, 7) is 6.55. The van der Waals surface area contributed by atoms with Crippen LogP contribution in [0, 0.1) is 6.92 Å². The van der Waals surface area contributed by atoms with Crippen molar-refractivity contribution in [2.45, 2.75) is 58.1 Å². The molecule has 0 aliphatic heterocycles. The number of unbranched alkanes of at least 4 members (excludes halogenated alkanes) is 1.